The molecule has 1 aliphatic rings. The van der Waals surface area contributed by atoms with E-state index in [-0.39, 0.29) is 11.6 Å². The number of aromatic nitrogens is 1. The van der Waals surface area contributed by atoms with Crippen LogP contribution in [0.3, 0.4) is 0 Å². The van der Waals surface area contributed by atoms with Crippen LogP contribution in [-0.4, -0.2) is 53.1 Å². The normalized spacial score (nSPS) is 14.4. The molecule has 2 aromatic rings. The zero-order chi connectivity index (χ0) is 17.8. The summed E-state index contributed by atoms with van der Waals surface area (Å²) in [6.07, 6.45) is 3.60. The number of piperazine rings is 1. The maximum Gasteiger partial charge on any atom is 0.269 e. The molecule has 1 aromatic heterocycles. The number of pyridine rings is 1. The van der Waals surface area contributed by atoms with Gasteiger partial charge in [-0.1, -0.05) is 0 Å². The molecule has 1 aromatic carbocycles. The molecule has 0 bridgehead atoms. The van der Waals surface area contributed by atoms with E-state index < -0.39 is 4.92 Å². The molecule has 1 aliphatic heterocycles. The second kappa shape index (κ2) is 7.52. The van der Waals surface area contributed by atoms with Crippen LogP contribution >= 0.6 is 11.8 Å². The molecule has 8 heteroatoms. The maximum absolute atomic E-state index is 12.7. The average Bonchev–Trinajstić information content (AvgIpc) is 2.67. The van der Waals surface area contributed by atoms with E-state index in [1.165, 1.54) is 23.9 Å². The predicted octanol–water partition coefficient (Wildman–Crippen LogP) is 2.67. The van der Waals surface area contributed by atoms with Gasteiger partial charge in [-0.05, 0) is 30.5 Å². The molecule has 0 radical (unpaired) electrons. The van der Waals surface area contributed by atoms with Crippen LogP contribution in [0.15, 0.2) is 47.6 Å². The highest BCUT2D eigenvalue weighted by Gasteiger charge is 2.24. The fourth-order valence-electron chi connectivity index (χ4n) is 2.84. The summed E-state index contributed by atoms with van der Waals surface area (Å²) in [5.74, 6) is 0.000740. The molecule has 0 unspecified atom stereocenters. The Morgan fingerprint density at radius 3 is 2.44 bits per heavy atom. The van der Waals surface area contributed by atoms with Crippen molar-refractivity contribution >= 4 is 29.0 Å². The van der Waals surface area contributed by atoms with Gasteiger partial charge in [-0.2, -0.15) is 0 Å². The smallest absolute Gasteiger partial charge is 0.269 e. The van der Waals surface area contributed by atoms with Crippen molar-refractivity contribution in [2.45, 2.75) is 5.03 Å². The number of hydrogen-bond acceptors (Lipinski definition) is 6. The zero-order valence-electron chi connectivity index (χ0n) is 13.8. The van der Waals surface area contributed by atoms with Gasteiger partial charge in [-0.3, -0.25) is 14.9 Å². The Hall–Kier alpha value is -2.61. The molecular formula is C17H18N4O3S. The minimum Gasteiger partial charge on any atom is -0.368 e. The van der Waals surface area contributed by atoms with Gasteiger partial charge in [0.15, 0.2) is 0 Å². The first-order chi connectivity index (χ1) is 12.1. The lowest BCUT2D eigenvalue weighted by molar-refractivity contribution is -0.384. The van der Waals surface area contributed by atoms with Crippen molar-refractivity contribution in [1.29, 1.82) is 0 Å². The standard InChI is InChI=1S/C17H18N4O3S/c1-25-16-15(3-2-8-18-16)17(22)20-11-9-19(10-12-20)13-4-6-14(7-5-13)21(23)24/h2-8H,9-12H2,1H3. The summed E-state index contributed by atoms with van der Waals surface area (Å²) in [5, 5.41) is 11.5. The summed E-state index contributed by atoms with van der Waals surface area (Å²) in [5.41, 5.74) is 1.65. The number of nitro groups is 1. The minimum atomic E-state index is -0.405. The molecule has 1 saturated heterocycles. The molecule has 25 heavy (non-hydrogen) atoms. The Kier molecular flexibility index (Phi) is 5.18. The lowest BCUT2D eigenvalue weighted by Gasteiger charge is -2.36. The Labute approximate surface area is 149 Å². The van der Waals surface area contributed by atoms with E-state index >= 15 is 0 Å². The van der Waals surface area contributed by atoms with E-state index in [1.807, 2.05) is 17.2 Å². The number of anilines is 1. The van der Waals surface area contributed by atoms with Gasteiger partial charge >= 0.3 is 0 Å². The van der Waals surface area contributed by atoms with Gasteiger partial charge in [0.25, 0.3) is 11.6 Å². The van der Waals surface area contributed by atoms with E-state index in [9.17, 15) is 14.9 Å². The van der Waals surface area contributed by atoms with Gasteiger partial charge in [0.2, 0.25) is 0 Å². The van der Waals surface area contributed by atoms with Crippen LogP contribution in [0.1, 0.15) is 10.4 Å². The summed E-state index contributed by atoms with van der Waals surface area (Å²) in [7, 11) is 0. The van der Waals surface area contributed by atoms with Crippen LogP contribution < -0.4 is 4.90 Å². The van der Waals surface area contributed by atoms with Crippen molar-refractivity contribution in [3.63, 3.8) is 0 Å². The molecule has 1 amide bonds. The summed E-state index contributed by atoms with van der Waals surface area (Å²) < 4.78 is 0. The largest absolute Gasteiger partial charge is 0.368 e. The number of amides is 1. The topological polar surface area (TPSA) is 79.6 Å². The van der Waals surface area contributed by atoms with Gasteiger partial charge in [0.1, 0.15) is 5.03 Å². The van der Waals surface area contributed by atoms with Crippen LogP contribution in [-0.2, 0) is 0 Å². The van der Waals surface area contributed by atoms with Crippen LogP contribution in [0.2, 0.25) is 0 Å². The molecule has 0 saturated carbocycles. The number of nitro benzene ring substituents is 1. The fraction of sp³-hybridized carbons (Fsp3) is 0.294. The Morgan fingerprint density at radius 1 is 1.16 bits per heavy atom. The van der Waals surface area contributed by atoms with Crippen molar-refractivity contribution in [1.82, 2.24) is 9.88 Å². The summed E-state index contributed by atoms with van der Waals surface area (Å²) >= 11 is 1.46. The minimum absolute atomic E-state index is 0.000740. The number of carbonyl (C=O) groups is 1. The highest BCUT2D eigenvalue weighted by Crippen LogP contribution is 2.23. The number of non-ortho nitro benzene ring substituents is 1. The highest BCUT2D eigenvalue weighted by atomic mass is 32.2. The van der Waals surface area contributed by atoms with E-state index in [1.54, 1.807) is 24.4 Å². The number of benzene rings is 1. The molecule has 130 valence electrons. The molecule has 0 aliphatic carbocycles. The molecule has 1 fully saturated rings. The fourth-order valence-corrected chi connectivity index (χ4v) is 3.38. The lowest BCUT2D eigenvalue weighted by Crippen LogP contribution is -2.48. The Balaban J connectivity index is 1.65. The van der Waals surface area contributed by atoms with Gasteiger partial charge in [0.05, 0.1) is 10.5 Å². The van der Waals surface area contributed by atoms with Gasteiger partial charge in [0, 0.05) is 50.2 Å². The summed E-state index contributed by atoms with van der Waals surface area (Å²) in [6.45, 7) is 2.61. The predicted molar refractivity (Wildman–Crippen MR) is 97.2 cm³/mol. The van der Waals surface area contributed by atoms with Crippen LogP contribution in [0.5, 0.6) is 0 Å². The number of hydrogen-bond donors (Lipinski definition) is 0. The first-order valence-electron chi connectivity index (χ1n) is 7.88. The van der Waals surface area contributed by atoms with E-state index in [2.05, 4.69) is 9.88 Å². The molecule has 0 spiro atoms. The molecular weight excluding hydrogens is 340 g/mol. The monoisotopic (exact) mass is 358 g/mol. The molecule has 2 heterocycles. The third-order valence-electron chi connectivity index (χ3n) is 4.19. The molecule has 0 N–H and O–H groups in total. The number of nitrogens with zero attached hydrogens (tertiary/aromatic N) is 4. The van der Waals surface area contributed by atoms with Crippen LogP contribution in [0.4, 0.5) is 11.4 Å². The number of thioether (sulfide) groups is 1. The van der Waals surface area contributed by atoms with E-state index in [4.69, 9.17) is 0 Å². The van der Waals surface area contributed by atoms with Crippen molar-refractivity contribution in [3.8, 4) is 0 Å². The van der Waals surface area contributed by atoms with Crippen molar-refractivity contribution in [3.05, 3.63) is 58.3 Å². The second-order valence-corrected chi connectivity index (χ2v) is 6.41. The summed E-state index contributed by atoms with van der Waals surface area (Å²) in [6, 6.07) is 10.1. The second-order valence-electron chi connectivity index (χ2n) is 5.61. The quantitative estimate of drug-likeness (QED) is 0.475. The first kappa shape index (κ1) is 17.2. The van der Waals surface area contributed by atoms with E-state index in [0.29, 0.717) is 31.7 Å². The number of carbonyl (C=O) groups excluding carboxylic acids is 1. The van der Waals surface area contributed by atoms with Crippen molar-refractivity contribution in [2.75, 3.05) is 37.3 Å². The van der Waals surface area contributed by atoms with Gasteiger partial charge < -0.3 is 9.80 Å². The first-order valence-corrected chi connectivity index (χ1v) is 9.10. The molecule has 0 atom stereocenters. The summed E-state index contributed by atoms with van der Waals surface area (Å²) in [4.78, 5) is 31.3. The highest BCUT2D eigenvalue weighted by molar-refractivity contribution is 7.98. The molecule has 7 nitrogen and oxygen atoms in total. The third-order valence-corrected chi connectivity index (χ3v) is 4.90. The number of rotatable bonds is 4. The molecule has 3 rings (SSSR count). The SMILES string of the molecule is CSc1ncccc1C(=O)N1CCN(c2ccc([N+](=O)[O-])cc2)CC1. The maximum atomic E-state index is 12.7. The average molecular weight is 358 g/mol. The Bertz CT molecular complexity index is 774. The van der Waals surface area contributed by atoms with Crippen molar-refractivity contribution < 1.29 is 9.72 Å². The van der Waals surface area contributed by atoms with Crippen LogP contribution in [0.25, 0.3) is 0 Å². The Morgan fingerprint density at radius 2 is 1.84 bits per heavy atom. The zero-order valence-corrected chi connectivity index (χ0v) is 14.6. The van der Waals surface area contributed by atoms with Crippen LogP contribution in [0, 0.1) is 10.1 Å². The van der Waals surface area contributed by atoms with Gasteiger partial charge in [-0.25, -0.2) is 4.98 Å². The lowest BCUT2D eigenvalue weighted by atomic mass is 10.2. The van der Waals surface area contributed by atoms with Gasteiger partial charge in [-0.15, -0.1) is 11.8 Å². The third kappa shape index (κ3) is 3.74. The van der Waals surface area contributed by atoms with Crippen molar-refractivity contribution in [2.24, 2.45) is 0 Å². The van der Waals surface area contributed by atoms with E-state index in [0.717, 1.165) is 10.7 Å².